The number of nitrogens with two attached hydrogens (primary N) is 3. The molecule has 0 aliphatic carbocycles. The largest absolute Gasteiger partial charge is 0.480 e. The first-order valence-electron chi connectivity index (χ1n) is 6.70. The lowest BCUT2D eigenvalue weighted by molar-refractivity contribution is -0.138. The van der Waals surface area contributed by atoms with Crippen LogP contribution in [0.15, 0.2) is 0 Å². The third-order valence-electron chi connectivity index (χ3n) is 2.86. The van der Waals surface area contributed by atoms with Crippen LogP contribution in [0.25, 0.3) is 0 Å². The Morgan fingerprint density at radius 3 is 2.16 bits per heavy atom. The average molecular weight is 274 g/mol. The van der Waals surface area contributed by atoms with Crippen LogP contribution in [0.3, 0.4) is 0 Å². The first kappa shape index (κ1) is 17.8. The molecule has 0 rings (SSSR count). The highest BCUT2D eigenvalue weighted by atomic mass is 16.4. The topological polar surface area (TPSA) is 144 Å². The number of nitrogens with one attached hydrogen (secondary N) is 1. The van der Waals surface area contributed by atoms with Crippen molar-refractivity contribution < 1.29 is 14.7 Å². The van der Waals surface area contributed by atoms with Gasteiger partial charge in [-0.15, -0.1) is 0 Å². The third kappa shape index (κ3) is 9.40. The minimum Gasteiger partial charge on any atom is -0.480 e. The second-order valence-corrected chi connectivity index (χ2v) is 4.62. The summed E-state index contributed by atoms with van der Waals surface area (Å²) < 4.78 is 0. The van der Waals surface area contributed by atoms with Gasteiger partial charge in [0.15, 0.2) is 0 Å². The molecule has 0 aromatic carbocycles. The van der Waals surface area contributed by atoms with Crippen molar-refractivity contribution in [2.45, 2.75) is 50.6 Å². The monoisotopic (exact) mass is 274 g/mol. The Balaban J connectivity index is 3.54. The number of rotatable bonds is 11. The van der Waals surface area contributed by atoms with Crippen LogP contribution in [0, 0.1) is 0 Å². The maximum absolute atomic E-state index is 11.6. The lowest BCUT2D eigenvalue weighted by Crippen LogP contribution is -2.41. The fourth-order valence-corrected chi connectivity index (χ4v) is 1.60. The Morgan fingerprint density at radius 2 is 1.58 bits per heavy atom. The van der Waals surface area contributed by atoms with Crippen LogP contribution in [0.1, 0.15) is 38.5 Å². The number of carboxylic acids is 1. The molecule has 0 fully saturated rings. The molecule has 0 aliphatic rings. The van der Waals surface area contributed by atoms with Crippen LogP contribution < -0.4 is 22.5 Å². The zero-order chi connectivity index (χ0) is 14.7. The predicted molar refractivity (Wildman–Crippen MR) is 73.4 cm³/mol. The SMILES string of the molecule is NCCCCC(N)C(=O)NCCCC[C@H](N)C(=O)O. The lowest BCUT2D eigenvalue weighted by Gasteiger charge is -2.12. The van der Waals surface area contributed by atoms with Gasteiger partial charge in [0.1, 0.15) is 6.04 Å². The molecule has 0 radical (unpaired) electrons. The van der Waals surface area contributed by atoms with E-state index in [-0.39, 0.29) is 5.91 Å². The molecule has 2 atom stereocenters. The standard InChI is InChI=1S/C12H26N4O3/c13-7-3-1-5-9(14)11(17)16-8-4-2-6-10(15)12(18)19/h9-10H,1-8,13-15H2,(H,16,17)(H,18,19)/t9?,10-/m0/s1. The zero-order valence-corrected chi connectivity index (χ0v) is 11.3. The summed E-state index contributed by atoms with van der Waals surface area (Å²) in [4.78, 5) is 22.0. The van der Waals surface area contributed by atoms with E-state index < -0.39 is 18.1 Å². The molecule has 1 unspecified atom stereocenters. The summed E-state index contributed by atoms with van der Waals surface area (Å²) in [6, 6.07) is -1.32. The summed E-state index contributed by atoms with van der Waals surface area (Å²) in [6.45, 7) is 1.11. The fourth-order valence-electron chi connectivity index (χ4n) is 1.60. The van der Waals surface area contributed by atoms with Crippen molar-refractivity contribution >= 4 is 11.9 Å². The highest BCUT2D eigenvalue weighted by molar-refractivity contribution is 5.81. The maximum atomic E-state index is 11.6. The molecular weight excluding hydrogens is 248 g/mol. The second kappa shape index (κ2) is 10.7. The van der Waals surface area contributed by atoms with Crippen molar-refractivity contribution in [3.05, 3.63) is 0 Å². The van der Waals surface area contributed by atoms with Gasteiger partial charge in [0.25, 0.3) is 0 Å². The quantitative estimate of drug-likeness (QED) is 0.310. The van der Waals surface area contributed by atoms with Gasteiger partial charge in [0, 0.05) is 6.54 Å². The third-order valence-corrected chi connectivity index (χ3v) is 2.86. The molecule has 112 valence electrons. The molecule has 0 saturated heterocycles. The number of amides is 1. The minimum absolute atomic E-state index is 0.167. The molecule has 8 N–H and O–H groups in total. The summed E-state index contributed by atoms with van der Waals surface area (Å²) in [5.74, 6) is -1.16. The van der Waals surface area contributed by atoms with Gasteiger partial charge in [0.05, 0.1) is 6.04 Å². The number of carbonyl (C=O) groups excluding carboxylic acids is 1. The van der Waals surface area contributed by atoms with Crippen LogP contribution in [0.2, 0.25) is 0 Å². The van der Waals surface area contributed by atoms with Gasteiger partial charge in [0.2, 0.25) is 5.91 Å². The number of hydrogen-bond donors (Lipinski definition) is 5. The molecule has 0 aromatic rings. The van der Waals surface area contributed by atoms with Gasteiger partial charge >= 0.3 is 5.97 Å². The maximum Gasteiger partial charge on any atom is 0.320 e. The molecule has 0 bridgehead atoms. The van der Waals surface area contributed by atoms with E-state index >= 15 is 0 Å². The number of carbonyl (C=O) groups is 2. The molecule has 0 spiro atoms. The minimum atomic E-state index is -0.994. The van der Waals surface area contributed by atoms with E-state index in [0.717, 1.165) is 12.8 Å². The van der Waals surface area contributed by atoms with Crippen LogP contribution in [-0.2, 0) is 9.59 Å². The van der Waals surface area contributed by atoms with E-state index in [1.807, 2.05) is 0 Å². The van der Waals surface area contributed by atoms with Crippen molar-refractivity contribution in [1.82, 2.24) is 5.32 Å². The molecule has 19 heavy (non-hydrogen) atoms. The molecule has 7 heteroatoms. The zero-order valence-electron chi connectivity index (χ0n) is 11.3. The molecule has 7 nitrogen and oxygen atoms in total. The molecule has 0 saturated carbocycles. The Labute approximate surface area is 113 Å². The first-order valence-corrected chi connectivity index (χ1v) is 6.70. The van der Waals surface area contributed by atoms with Gasteiger partial charge in [-0.05, 0) is 38.6 Å². The van der Waals surface area contributed by atoms with E-state index in [4.69, 9.17) is 22.3 Å². The number of aliphatic carboxylic acids is 1. The van der Waals surface area contributed by atoms with Crippen molar-refractivity contribution in [3.63, 3.8) is 0 Å². The van der Waals surface area contributed by atoms with Crippen LogP contribution in [-0.4, -0.2) is 42.2 Å². The van der Waals surface area contributed by atoms with Crippen molar-refractivity contribution in [1.29, 1.82) is 0 Å². The molecule has 1 amide bonds. The van der Waals surface area contributed by atoms with Crippen LogP contribution in [0.4, 0.5) is 0 Å². The van der Waals surface area contributed by atoms with Crippen LogP contribution >= 0.6 is 0 Å². The fraction of sp³-hybridized carbons (Fsp3) is 0.833. The van der Waals surface area contributed by atoms with Crippen molar-refractivity contribution in [3.8, 4) is 0 Å². The van der Waals surface area contributed by atoms with Gasteiger partial charge in [-0.2, -0.15) is 0 Å². The van der Waals surface area contributed by atoms with E-state index in [0.29, 0.717) is 38.8 Å². The van der Waals surface area contributed by atoms with Crippen molar-refractivity contribution in [2.75, 3.05) is 13.1 Å². The van der Waals surface area contributed by atoms with E-state index in [1.54, 1.807) is 0 Å². The predicted octanol–water partition coefficient (Wildman–Crippen LogP) is -0.859. The first-order chi connectivity index (χ1) is 8.99. The highest BCUT2D eigenvalue weighted by Crippen LogP contribution is 2.00. The Bertz CT molecular complexity index is 274. The Kier molecular flexibility index (Phi) is 10.1. The summed E-state index contributed by atoms with van der Waals surface area (Å²) in [7, 11) is 0. The van der Waals surface area contributed by atoms with E-state index in [1.165, 1.54) is 0 Å². The summed E-state index contributed by atoms with van der Waals surface area (Å²) >= 11 is 0. The Hall–Kier alpha value is -1.18. The summed E-state index contributed by atoms with van der Waals surface area (Å²) in [6.07, 6.45) is 4.12. The van der Waals surface area contributed by atoms with Crippen LogP contribution in [0.5, 0.6) is 0 Å². The average Bonchev–Trinajstić information content (AvgIpc) is 2.37. The lowest BCUT2D eigenvalue weighted by atomic mass is 10.1. The van der Waals surface area contributed by atoms with Gasteiger partial charge in [-0.3, -0.25) is 9.59 Å². The van der Waals surface area contributed by atoms with Gasteiger partial charge in [-0.25, -0.2) is 0 Å². The highest BCUT2D eigenvalue weighted by Gasteiger charge is 2.13. The van der Waals surface area contributed by atoms with Gasteiger partial charge < -0.3 is 27.6 Å². The number of hydrogen-bond acceptors (Lipinski definition) is 5. The summed E-state index contributed by atoms with van der Waals surface area (Å²) in [5, 5.41) is 11.3. The molecule has 0 heterocycles. The smallest absolute Gasteiger partial charge is 0.320 e. The number of unbranched alkanes of at least 4 members (excludes halogenated alkanes) is 2. The number of carboxylic acid groups (broad SMARTS) is 1. The molecule has 0 aliphatic heterocycles. The molecule has 0 aromatic heterocycles. The Morgan fingerprint density at radius 1 is 1.00 bits per heavy atom. The van der Waals surface area contributed by atoms with Crippen molar-refractivity contribution in [2.24, 2.45) is 17.2 Å². The molecular formula is C12H26N4O3. The van der Waals surface area contributed by atoms with E-state index in [2.05, 4.69) is 5.32 Å². The normalized spacial score (nSPS) is 13.8. The van der Waals surface area contributed by atoms with E-state index in [9.17, 15) is 9.59 Å². The summed E-state index contributed by atoms with van der Waals surface area (Å²) in [5.41, 5.74) is 16.4. The second-order valence-electron chi connectivity index (χ2n) is 4.62. The van der Waals surface area contributed by atoms with Gasteiger partial charge in [-0.1, -0.05) is 6.42 Å².